The van der Waals surface area contributed by atoms with Crippen LogP contribution in [0.25, 0.3) is 0 Å². The Hall–Kier alpha value is -2.47. The highest BCUT2D eigenvalue weighted by atomic mass is 15.1. The van der Waals surface area contributed by atoms with Gasteiger partial charge in [0, 0.05) is 12.7 Å². The number of benzene rings is 2. The lowest BCUT2D eigenvalue weighted by Crippen LogP contribution is -2.11. The molecule has 2 rings (SSSR count). The highest BCUT2D eigenvalue weighted by Gasteiger charge is 2.09. The Kier molecular flexibility index (Phi) is 3.95. The van der Waals surface area contributed by atoms with E-state index in [0.717, 1.165) is 11.4 Å². The Labute approximate surface area is 120 Å². The fourth-order valence-corrected chi connectivity index (χ4v) is 2.15. The van der Waals surface area contributed by atoms with Crippen LogP contribution in [0.4, 0.5) is 17.1 Å². The van der Waals surface area contributed by atoms with Gasteiger partial charge in [0.05, 0.1) is 23.0 Å². The van der Waals surface area contributed by atoms with Crippen LogP contribution in [0.2, 0.25) is 0 Å². The van der Waals surface area contributed by atoms with E-state index in [2.05, 4.69) is 44.2 Å². The average molecular weight is 265 g/mol. The summed E-state index contributed by atoms with van der Waals surface area (Å²) < 4.78 is 0. The summed E-state index contributed by atoms with van der Waals surface area (Å²) in [7, 11) is 1.97. The molecule has 0 aromatic heterocycles. The Morgan fingerprint density at radius 3 is 2.25 bits per heavy atom. The van der Waals surface area contributed by atoms with Crippen molar-refractivity contribution >= 4 is 17.1 Å². The van der Waals surface area contributed by atoms with Crippen LogP contribution < -0.4 is 10.6 Å². The zero-order valence-corrected chi connectivity index (χ0v) is 12.1. The molecule has 3 heteroatoms. The predicted octanol–water partition coefficient (Wildman–Crippen LogP) is 4.03. The normalized spacial score (nSPS) is 10.3. The van der Waals surface area contributed by atoms with E-state index >= 15 is 0 Å². The van der Waals surface area contributed by atoms with E-state index in [9.17, 15) is 0 Å². The maximum atomic E-state index is 8.87. The summed E-state index contributed by atoms with van der Waals surface area (Å²) in [6, 6.07) is 15.9. The van der Waals surface area contributed by atoms with Crippen LogP contribution in [-0.4, -0.2) is 7.05 Å². The summed E-state index contributed by atoms with van der Waals surface area (Å²) in [5.74, 6) is 0.523. The number of nitrogens with two attached hydrogens (primary N) is 1. The fourth-order valence-electron chi connectivity index (χ4n) is 2.15. The molecule has 0 radical (unpaired) electrons. The van der Waals surface area contributed by atoms with Gasteiger partial charge < -0.3 is 10.6 Å². The lowest BCUT2D eigenvalue weighted by atomic mass is 10.0. The second kappa shape index (κ2) is 5.66. The maximum Gasteiger partial charge on any atom is 0.0992 e. The Morgan fingerprint density at radius 2 is 1.75 bits per heavy atom. The molecule has 0 aliphatic rings. The molecular weight excluding hydrogens is 246 g/mol. The molecule has 3 nitrogen and oxygen atoms in total. The van der Waals surface area contributed by atoms with Gasteiger partial charge in [0.25, 0.3) is 0 Å². The summed E-state index contributed by atoms with van der Waals surface area (Å²) in [5.41, 5.74) is 10.5. The molecule has 0 heterocycles. The summed E-state index contributed by atoms with van der Waals surface area (Å²) in [4.78, 5) is 2.03. The van der Waals surface area contributed by atoms with E-state index < -0.39 is 0 Å². The Morgan fingerprint density at radius 1 is 1.10 bits per heavy atom. The van der Waals surface area contributed by atoms with Crippen molar-refractivity contribution < 1.29 is 0 Å². The third-order valence-corrected chi connectivity index (χ3v) is 3.47. The van der Waals surface area contributed by atoms with Crippen LogP contribution in [0.15, 0.2) is 42.5 Å². The van der Waals surface area contributed by atoms with Gasteiger partial charge >= 0.3 is 0 Å². The topological polar surface area (TPSA) is 53.0 Å². The van der Waals surface area contributed by atoms with Gasteiger partial charge in [-0.2, -0.15) is 5.26 Å². The molecule has 0 saturated carbocycles. The van der Waals surface area contributed by atoms with Crippen molar-refractivity contribution in [3.8, 4) is 6.07 Å². The van der Waals surface area contributed by atoms with Gasteiger partial charge in [-0.1, -0.05) is 26.0 Å². The molecule has 102 valence electrons. The van der Waals surface area contributed by atoms with E-state index in [4.69, 9.17) is 11.0 Å². The van der Waals surface area contributed by atoms with Crippen molar-refractivity contribution in [1.29, 1.82) is 5.26 Å². The number of anilines is 3. The minimum atomic E-state index is 0.523. The van der Waals surface area contributed by atoms with Crippen molar-refractivity contribution in [2.24, 2.45) is 0 Å². The van der Waals surface area contributed by atoms with Crippen molar-refractivity contribution in [3.05, 3.63) is 53.6 Å². The van der Waals surface area contributed by atoms with Gasteiger partial charge in [0.15, 0.2) is 0 Å². The van der Waals surface area contributed by atoms with Gasteiger partial charge in [0.1, 0.15) is 0 Å². The second-order valence-corrected chi connectivity index (χ2v) is 5.19. The Balaban J connectivity index is 2.31. The first-order valence-electron chi connectivity index (χ1n) is 6.66. The standard InChI is InChI=1S/C17H19N3/c1-12(2)14-5-7-15(8-6-14)20(3)17-9-4-13(11-18)10-16(17)19/h4-10,12H,19H2,1-3H3. The van der Waals surface area contributed by atoms with Crippen molar-refractivity contribution in [3.63, 3.8) is 0 Å². The average Bonchev–Trinajstić information content (AvgIpc) is 2.46. The summed E-state index contributed by atoms with van der Waals surface area (Å²) in [5, 5.41) is 8.87. The van der Waals surface area contributed by atoms with Crippen LogP contribution in [0.3, 0.4) is 0 Å². The predicted molar refractivity (Wildman–Crippen MR) is 84.2 cm³/mol. The lowest BCUT2D eigenvalue weighted by Gasteiger charge is -2.22. The first-order valence-corrected chi connectivity index (χ1v) is 6.66. The van der Waals surface area contributed by atoms with Crippen molar-refractivity contribution in [2.75, 3.05) is 17.7 Å². The number of nitrogens with zero attached hydrogens (tertiary/aromatic N) is 2. The van der Waals surface area contributed by atoms with E-state index in [1.807, 2.05) is 18.0 Å². The minimum Gasteiger partial charge on any atom is -0.397 e. The summed E-state index contributed by atoms with van der Waals surface area (Å²) >= 11 is 0. The number of hydrogen-bond acceptors (Lipinski definition) is 3. The molecule has 2 aromatic rings. The SMILES string of the molecule is CC(C)c1ccc(N(C)c2ccc(C#N)cc2N)cc1. The van der Waals surface area contributed by atoms with Gasteiger partial charge in [-0.15, -0.1) is 0 Å². The first kappa shape index (κ1) is 14.0. The summed E-state index contributed by atoms with van der Waals surface area (Å²) in [6.45, 7) is 4.36. The van der Waals surface area contributed by atoms with Gasteiger partial charge in [-0.05, 0) is 41.8 Å². The maximum absolute atomic E-state index is 8.87. The molecule has 0 spiro atoms. The molecule has 0 aliphatic heterocycles. The van der Waals surface area contributed by atoms with E-state index in [1.165, 1.54) is 5.56 Å². The van der Waals surface area contributed by atoms with Crippen molar-refractivity contribution in [2.45, 2.75) is 19.8 Å². The highest BCUT2D eigenvalue weighted by molar-refractivity contribution is 5.75. The molecule has 0 bridgehead atoms. The van der Waals surface area contributed by atoms with Crippen molar-refractivity contribution in [1.82, 2.24) is 0 Å². The lowest BCUT2D eigenvalue weighted by molar-refractivity contribution is 0.866. The zero-order chi connectivity index (χ0) is 14.7. The van der Waals surface area contributed by atoms with Crippen LogP contribution in [0.5, 0.6) is 0 Å². The molecule has 2 aromatic carbocycles. The fraction of sp³-hybridized carbons (Fsp3) is 0.235. The van der Waals surface area contributed by atoms with Crippen LogP contribution in [0.1, 0.15) is 30.9 Å². The molecule has 0 unspecified atom stereocenters. The largest absolute Gasteiger partial charge is 0.397 e. The number of nitrogen functional groups attached to an aromatic ring is 1. The number of nitriles is 1. The number of rotatable bonds is 3. The molecular formula is C17H19N3. The van der Waals surface area contributed by atoms with E-state index in [-0.39, 0.29) is 0 Å². The molecule has 0 amide bonds. The summed E-state index contributed by atoms with van der Waals surface area (Å²) in [6.07, 6.45) is 0. The molecule has 2 N–H and O–H groups in total. The molecule has 0 atom stereocenters. The first-order chi connectivity index (χ1) is 9.52. The quantitative estimate of drug-likeness (QED) is 0.852. The molecule has 0 fully saturated rings. The monoisotopic (exact) mass is 265 g/mol. The van der Waals surface area contributed by atoms with Crippen LogP contribution in [0, 0.1) is 11.3 Å². The molecule has 20 heavy (non-hydrogen) atoms. The Bertz CT molecular complexity index is 636. The van der Waals surface area contributed by atoms with Gasteiger partial charge in [0.2, 0.25) is 0 Å². The minimum absolute atomic E-state index is 0.523. The third kappa shape index (κ3) is 2.75. The van der Waals surface area contributed by atoms with E-state index in [1.54, 1.807) is 12.1 Å². The smallest absolute Gasteiger partial charge is 0.0992 e. The second-order valence-electron chi connectivity index (χ2n) is 5.19. The molecule has 0 saturated heterocycles. The zero-order valence-electron chi connectivity index (χ0n) is 12.1. The molecule has 0 aliphatic carbocycles. The van der Waals surface area contributed by atoms with Crippen LogP contribution in [-0.2, 0) is 0 Å². The van der Waals surface area contributed by atoms with Gasteiger partial charge in [-0.3, -0.25) is 0 Å². The number of hydrogen-bond donors (Lipinski definition) is 1. The van der Waals surface area contributed by atoms with E-state index in [0.29, 0.717) is 17.2 Å². The third-order valence-electron chi connectivity index (χ3n) is 3.47. The highest BCUT2D eigenvalue weighted by Crippen LogP contribution is 2.30. The van der Waals surface area contributed by atoms with Gasteiger partial charge in [-0.25, -0.2) is 0 Å². The van der Waals surface area contributed by atoms with Crippen LogP contribution >= 0.6 is 0 Å².